The molecule has 44 heavy (non-hydrogen) atoms. The molecule has 0 saturated carbocycles. The Labute approximate surface area is 269 Å². The number of carbonyl (C=O) groups excluding carboxylic acids is 2. The third-order valence-corrected chi connectivity index (χ3v) is 9.21. The normalized spacial score (nSPS) is 12.4. The van der Waals surface area contributed by atoms with Crippen molar-refractivity contribution in [2.75, 3.05) is 21.5 Å². The number of aryl methyl sites for hydroxylation is 1. The number of sulfonamides is 1. The predicted molar refractivity (Wildman–Crippen MR) is 185 cm³/mol. The van der Waals surface area contributed by atoms with Gasteiger partial charge in [-0.05, 0) is 50.6 Å². The van der Waals surface area contributed by atoms with Crippen LogP contribution in [-0.2, 0) is 19.6 Å². The van der Waals surface area contributed by atoms with Gasteiger partial charge in [-0.25, -0.2) is 8.42 Å². The van der Waals surface area contributed by atoms with E-state index < -0.39 is 27.8 Å². The summed E-state index contributed by atoms with van der Waals surface area (Å²) >= 11 is 6.28. The van der Waals surface area contributed by atoms with Crippen LogP contribution >= 0.6 is 11.6 Å². The maximum atomic E-state index is 13.0. The Kier molecular flexibility index (Phi) is 17.1. The second-order valence-corrected chi connectivity index (χ2v) is 13.9. The lowest BCUT2D eigenvalue weighted by molar-refractivity contribution is -0.125. The van der Waals surface area contributed by atoms with Crippen LogP contribution in [0.4, 0.5) is 17.1 Å². The van der Waals surface area contributed by atoms with E-state index in [2.05, 4.69) is 22.0 Å². The topological polar surface area (TPSA) is 131 Å². The molecular formula is C34H51ClN4O4S. The molecule has 10 heteroatoms. The van der Waals surface area contributed by atoms with Gasteiger partial charge >= 0.3 is 0 Å². The van der Waals surface area contributed by atoms with E-state index in [1.807, 2.05) is 13.0 Å². The Hall–Kier alpha value is -2.91. The van der Waals surface area contributed by atoms with Crippen LogP contribution in [0.15, 0.2) is 41.4 Å². The van der Waals surface area contributed by atoms with E-state index in [9.17, 15) is 18.0 Å². The van der Waals surface area contributed by atoms with Crippen LogP contribution in [0.1, 0.15) is 115 Å². The number of anilines is 3. The summed E-state index contributed by atoms with van der Waals surface area (Å²) in [6.07, 6.45) is 18.1. The maximum absolute atomic E-state index is 13.0. The zero-order chi connectivity index (χ0) is 32.4. The lowest BCUT2D eigenvalue weighted by Gasteiger charge is -2.14. The van der Waals surface area contributed by atoms with Crippen molar-refractivity contribution in [3.8, 4) is 0 Å². The molecule has 0 saturated heterocycles. The van der Waals surface area contributed by atoms with Gasteiger partial charge in [0.2, 0.25) is 10.0 Å². The highest BCUT2D eigenvalue weighted by molar-refractivity contribution is 7.92. The molecule has 0 aromatic heterocycles. The fraction of sp³-hybridized carbons (Fsp3) is 0.559. The Morgan fingerprint density at radius 2 is 1.45 bits per heavy atom. The third kappa shape index (κ3) is 14.7. The number of hydrogen-bond donors (Lipinski definition) is 3. The maximum Gasteiger partial charge on any atom is 0.256 e. The number of hydrogen-bond acceptors (Lipinski definition) is 6. The van der Waals surface area contributed by atoms with Gasteiger partial charge in [0, 0.05) is 17.5 Å². The van der Waals surface area contributed by atoms with E-state index in [0.717, 1.165) is 24.8 Å². The Morgan fingerprint density at radius 1 is 0.886 bits per heavy atom. The first-order chi connectivity index (χ1) is 21.0. The number of unbranched alkanes of at least 4 members (excludes halogenated alkanes) is 13. The van der Waals surface area contributed by atoms with Gasteiger partial charge < -0.3 is 11.1 Å². The zero-order valence-corrected chi connectivity index (χ0v) is 28.2. The molecule has 0 bridgehead atoms. The summed E-state index contributed by atoms with van der Waals surface area (Å²) in [4.78, 5) is 29.4. The summed E-state index contributed by atoms with van der Waals surface area (Å²) in [5.41, 5.74) is 8.44. The van der Waals surface area contributed by atoms with Gasteiger partial charge in [0.25, 0.3) is 5.91 Å². The summed E-state index contributed by atoms with van der Waals surface area (Å²) in [7, 11) is -3.58. The molecule has 1 atom stereocenters. The molecular weight excluding hydrogens is 596 g/mol. The molecule has 2 rings (SSSR count). The molecule has 1 amide bonds. The lowest BCUT2D eigenvalue weighted by Crippen LogP contribution is -2.32. The molecule has 0 aliphatic rings. The first kappa shape index (κ1) is 37.3. The first-order valence-electron chi connectivity index (χ1n) is 16.0. The molecule has 244 valence electrons. The summed E-state index contributed by atoms with van der Waals surface area (Å²) in [6.45, 7) is 5.41. The standard InChI is InChI=1S/C34H51ClN4O4S/c1-4-5-6-7-8-9-10-11-12-13-14-15-16-17-22-44(42,43)39-29-19-20-30(35)32(24-29)38-34(41)33(27(3)40)37-25-28-23-26(2)18-21-31(28)36/h18-21,23-25,33,39H,4-17,22,36H2,1-3H3,(H,38,41). The summed E-state index contributed by atoms with van der Waals surface area (Å²) in [6, 6.07) is 8.51. The summed E-state index contributed by atoms with van der Waals surface area (Å²) in [5, 5.41) is 2.80. The van der Waals surface area contributed by atoms with Crippen LogP contribution in [0.2, 0.25) is 5.02 Å². The number of carbonyl (C=O) groups is 2. The number of ketones is 1. The van der Waals surface area contributed by atoms with Crippen molar-refractivity contribution in [3.63, 3.8) is 0 Å². The van der Waals surface area contributed by atoms with Crippen molar-refractivity contribution in [3.05, 3.63) is 52.5 Å². The molecule has 0 spiro atoms. The van der Waals surface area contributed by atoms with E-state index in [1.165, 1.54) is 95.5 Å². The number of amides is 1. The van der Waals surface area contributed by atoms with Gasteiger partial charge in [-0.1, -0.05) is 114 Å². The van der Waals surface area contributed by atoms with Crippen molar-refractivity contribution in [1.29, 1.82) is 0 Å². The van der Waals surface area contributed by atoms with Crippen LogP contribution in [0.3, 0.4) is 0 Å². The number of nitrogens with zero attached hydrogens (tertiary/aromatic N) is 1. The molecule has 0 heterocycles. The Bertz CT molecular complexity index is 1330. The Balaban J connectivity index is 1.79. The number of nitrogen functional groups attached to an aromatic ring is 1. The van der Waals surface area contributed by atoms with Crippen LogP contribution in [0.5, 0.6) is 0 Å². The second kappa shape index (κ2) is 20.2. The minimum absolute atomic E-state index is 0.0125. The number of nitrogens with two attached hydrogens (primary N) is 1. The highest BCUT2D eigenvalue weighted by Crippen LogP contribution is 2.27. The Morgan fingerprint density at radius 3 is 2.02 bits per heavy atom. The van der Waals surface area contributed by atoms with E-state index in [-0.39, 0.29) is 22.2 Å². The molecule has 0 fully saturated rings. The van der Waals surface area contributed by atoms with Gasteiger partial charge in [0.05, 0.1) is 22.2 Å². The predicted octanol–water partition coefficient (Wildman–Crippen LogP) is 8.47. The fourth-order valence-electron chi connectivity index (χ4n) is 4.92. The highest BCUT2D eigenvalue weighted by Gasteiger charge is 2.23. The molecule has 0 aliphatic heterocycles. The van der Waals surface area contributed by atoms with Gasteiger partial charge in [-0.15, -0.1) is 0 Å². The van der Waals surface area contributed by atoms with Gasteiger partial charge in [0.1, 0.15) is 0 Å². The van der Waals surface area contributed by atoms with Crippen molar-refractivity contribution in [2.45, 2.75) is 117 Å². The number of nitrogens with one attached hydrogen (secondary N) is 2. The van der Waals surface area contributed by atoms with Crippen LogP contribution < -0.4 is 15.8 Å². The number of benzene rings is 2. The number of rotatable bonds is 22. The van der Waals surface area contributed by atoms with Gasteiger partial charge in [0.15, 0.2) is 11.8 Å². The monoisotopic (exact) mass is 646 g/mol. The second-order valence-electron chi connectivity index (χ2n) is 11.6. The van der Waals surface area contributed by atoms with E-state index in [4.69, 9.17) is 17.3 Å². The van der Waals surface area contributed by atoms with Crippen molar-refractivity contribution in [1.82, 2.24) is 0 Å². The molecule has 4 N–H and O–H groups in total. The highest BCUT2D eigenvalue weighted by atomic mass is 35.5. The average molecular weight is 647 g/mol. The largest absolute Gasteiger partial charge is 0.398 e. The minimum Gasteiger partial charge on any atom is -0.398 e. The summed E-state index contributed by atoms with van der Waals surface area (Å²) in [5.74, 6) is -1.14. The fourth-order valence-corrected chi connectivity index (χ4v) is 6.26. The van der Waals surface area contributed by atoms with Crippen LogP contribution in [-0.4, -0.2) is 38.1 Å². The molecule has 2 aromatic rings. The minimum atomic E-state index is -3.58. The van der Waals surface area contributed by atoms with Gasteiger partial charge in [-0.3, -0.25) is 19.3 Å². The van der Waals surface area contributed by atoms with Crippen molar-refractivity contribution >= 4 is 56.6 Å². The number of halogens is 1. The third-order valence-electron chi connectivity index (χ3n) is 7.50. The van der Waals surface area contributed by atoms with Crippen LogP contribution in [0, 0.1) is 6.92 Å². The van der Waals surface area contributed by atoms with E-state index in [0.29, 0.717) is 17.7 Å². The SMILES string of the molecule is CCCCCCCCCCCCCCCCS(=O)(=O)Nc1ccc(Cl)c(NC(=O)C(N=Cc2cc(C)ccc2N)C(C)=O)c1. The van der Waals surface area contributed by atoms with Crippen LogP contribution in [0.25, 0.3) is 0 Å². The van der Waals surface area contributed by atoms with Gasteiger partial charge in [-0.2, -0.15) is 0 Å². The van der Waals surface area contributed by atoms with Crippen molar-refractivity contribution < 1.29 is 18.0 Å². The smallest absolute Gasteiger partial charge is 0.256 e. The number of aliphatic imine (C=N–C) groups is 1. The quantitative estimate of drug-likeness (QED) is 0.0511. The molecule has 0 aliphatic carbocycles. The lowest BCUT2D eigenvalue weighted by atomic mass is 10.0. The van der Waals surface area contributed by atoms with E-state index in [1.54, 1.807) is 12.1 Å². The summed E-state index contributed by atoms with van der Waals surface area (Å²) < 4.78 is 28.0. The molecule has 2 aromatic carbocycles. The molecule has 8 nitrogen and oxygen atoms in total. The number of Topliss-reactive ketones (excluding diaryl/α,β-unsaturated/α-hetero) is 1. The van der Waals surface area contributed by atoms with Crippen molar-refractivity contribution in [2.24, 2.45) is 4.99 Å². The molecule has 1 unspecified atom stereocenters. The van der Waals surface area contributed by atoms with E-state index >= 15 is 0 Å². The zero-order valence-electron chi connectivity index (χ0n) is 26.7. The first-order valence-corrected chi connectivity index (χ1v) is 18.1. The molecule has 0 radical (unpaired) electrons. The average Bonchev–Trinajstić information content (AvgIpc) is 2.96.